The van der Waals surface area contributed by atoms with Crippen molar-refractivity contribution in [3.8, 4) is 0 Å². The Morgan fingerprint density at radius 3 is 1.85 bits per heavy atom. The van der Waals surface area contributed by atoms with Gasteiger partial charge in [0.05, 0.1) is 9.79 Å². The fraction of sp³-hybridized carbons (Fsp3) is 0. The molecule has 106 valence electrons. The number of nitrogens with one attached hydrogen (secondary N) is 1. The molecule has 20 heavy (non-hydrogen) atoms. The largest absolute Gasteiger partial charge is 0.313 e. The molecule has 0 aliphatic heterocycles. The first-order valence-electron chi connectivity index (χ1n) is 5.65. The van der Waals surface area contributed by atoms with Gasteiger partial charge in [-0.1, -0.05) is 18.2 Å². The third kappa shape index (κ3) is 3.46. The van der Waals surface area contributed by atoms with Crippen molar-refractivity contribution in [2.45, 2.75) is 9.79 Å². The molecule has 0 amide bonds. The quantitative estimate of drug-likeness (QED) is 0.743. The lowest BCUT2D eigenvalue weighted by atomic mass is 10.3. The Morgan fingerprint density at radius 1 is 0.850 bits per heavy atom. The van der Waals surface area contributed by atoms with Gasteiger partial charge in [-0.25, -0.2) is 8.42 Å². The molecule has 0 aromatic heterocycles. The second kappa shape index (κ2) is 5.38. The highest BCUT2D eigenvalue weighted by Gasteiger charge is 2.17. The molecule has 0 saturated heterocycles. The van der Waals surface area contributed by atoms with E-state index < -0.39 is 17.4 Å². The minimum atomic E-state index is -3.56. The van der Waals surface area contributed by atoms with E-state index in [0.29, 0.717) is 5.69 Å². The van der Waals surface area contributed by atoms with Crippen molar-refractivity contribution < 1.29 is 13.0 Å². The molecule has 8 heteroatoms. The van der Waals surface area contributed by atoms with Crippen LogP contribution in [0, 0.1) is 0 Å². The number of hydrogen-bond acceptors (Lipinski definition) is 3. The Hall–Kier alpha value is -1.66. The zero-order valence-corrected chi connectivity index (χ0v) is 12.1. The fourth-order valence-corrected chi connectivity index (χ4v) is 3.48. The summed E-state index contributed by atoms with van der Waals surface area (Å²) in [4.78, 5) is 0.349. The van der Waals surface area contributed by atoms with E-state index in [9.17, 15) is 13.0 Å². The van der Waals surface area contributed by atoms with Crippen LogP contribution >= 0.6 is 7.59 Å². The summed E-state index contributed by atoms with van der Waals surface area (Å²) < 4.78 is 35.8. The van der Waals surface area contributed by atoms with Crippen LogP contribution in [0.2, 0.25) is 0 Å². The van der Waals surface area contributed by atoms with Crippen molar-refractivity contribution in [1.29, 1.82) is 0 Å². The van der Waals surface area contributed by atoms with Gasteiger partial charge in [-0.05, 0) is 36.4 Å². The van der Waals surface area contributed by atoms with Crippen LogP contribution < -0.4 is 16.1 Å². The zero-order valence-electron chi connectivity index (χ0n) is 10.4. The third-order valence-corrected chi connectivity index (χ3v) is 4.92. The van der Waals surface area contributed by atoms with E-state index >= 15 is 0 Å². The second-order valence-electron chi connectivity index (χ2n) is 4.16. The number of nitrogens with two attached hydrogens (primary N) is 2. The molecule has 0 aliphatic rings. The lowest BCUT2D eigenvalue weighted by molar-refractivity contribution is 0.580. The minimum absolute atomic E-state index is 0.137. The lowest BCUT2D eigenvalue weighted by Gasteiger charge is -2.11. The van der Waals surface area contributed by atoms with E-state index in [1.54, 1.807) is 18.2 Å². The van der Waals surface area contributed by atoms with Gasteiger partial charge in [0.2, 0.25) is 9.84 Å². The maximum absolute atomic E-state index is 12.3. The molecule has 0 atom stereocenters. The van der Waals surface area contributed by atoms with Crippen LogP contribution in [-0.4, -0.2) is 8.42 Å². The summed E-state index contributed by atoms with van der Waals surface area (Å²) in [6.45, 7) is 0. The summed E-state index contributed by atoms with van der Waals surface area (Å²) in [6, 6.07) is 13.8. The molecular weight excluding hydrogens is 297 g/mol. The molecule has 6 nitrogen and oxygen atoms in total. The van der Waals surface area contributed by atoms with Gasteiger partial charge in [-0.15, -0.1) is 0 Å². The Labute approximate surface area is 117 Å². The fourth-order valence-electron chi connectivity index (χ4n) is 1.65. The lowest BCUT2D eigenvalue weighted by Crippen LogP contribution is -2.13. The van der Waals surface area contributed by atoms with Gasteiger partial charge in [0, 0.05) is 5.69 Å². The molecular formula is C12H14N3O3PS. The zero-order chi connectivity index (χ0) is 14.8. The van der Waals surface area contributed by atoms with Crippen LogP contribution in [0.4, 0.5) is 5.69 Å². The highest BCUT2D eigenvalue weighted by molar-refractivity contribution is 7.91. The summed E-state index contributed by atoms with van der Waals surface area (Å²) in [5, 5.41) is 2.42. The van der Waals surface area contributed by atoms with Gasteiger partial charge >= 0.3 is 0 Å². The molecule has 0 fully saturated rings. The predicted molar refractivity (Wildman–Crippen MR) is 77.9 cm³/mol. The molecule has 0 aliphatic carbocycles. The predicted octanol–water partition coefficient (Wildman–Crippen LogP) is 1.96. The highest BCUT2D eigenvalue weighted by atomic mass is 32.2. The Bertz CT molecular complexity index is 739. The standard InChI is InChI=1S/C12H14N3O3PS/c13-19(14,16)15-10-6-8-12(9-7-10)20(17,18)11-4-2-1-3-5-11/h1-9H,(H5,13,14,15,16). The van der Waals surface area contributed by atoms with Crippen LogP contribution in [0.25, 0.3) is 0 Å². The van der Waals surface area contributed by atoms with E-state index in [4.69, 9.17) is 11.0 Å². The molecule has 2 aromatic rings. The van der Waals surface area contributed by atoms with Crippen LogP contribution in [0.3, 0.4) is 0 Å². The van der Waals surface area contributed by atoms with E-state index in [1.807, 2.05) is 0 Å². The molecule has 0 spiro atoms. The highest BCUT2D eigenvalue weighted by Crippen LogP contribution is 2.29. The smallest absolute Gasteiger partial charge is 0.298 e. The summed E-state index contributed by atoms with van der Waals surface area (Å²) in [7, 11) is -6.96. The Kier molecular flexibility index (Phi) is 3.96. The van der Waals surface area contributed by atoms with E-state index in [2.05, 4.69) is 5.09 Å². The molecule has 0 radical (unpaired) electrons. The van der Waals surface area contributed by atoms with Gasteiger partial charge in [-0.2, -0.15) is 0 Å². The van der Waals surface area contributed by atoms with Crippen molar-refractivity contribution in [3.63, 3.8) is 0 Å². The normalized spacial score (nSPS) is 12.1. The van der Waals surface area contributed by atoms with E-state index in [1.165, 1.54) is 36.4 Å². The number of rotatable bonds is 4. The SMILES string of the molecule is NP(N)(=O)Nc1ccc(S(=O)(=O)c2ccccc2)cc1. The number of anilines is 1. The van der Waals surface area contributed by atoms with E-state index in [0.717, 1.165) is 0 Å². The number of hydrogen-bond donors (Lipinski definition) is 3. The summed E-state index contributed by atoms with van der Waals surface area (Å²) >= 11 is 0. The van der Waals surface area contributed by atoms with Crippen molar-refractivity contribution >= 4 is 23.1 Å². The second-order valence-corrected chi connectivity index (χ2v) is 7.75. The molecule has 0 heterocycles. The van der Waals surface area contributed by atoms with Crippen molar-refractivity contribution in [1.82, 2.24) is 0 Å². The molecule has 2 aromatic carbocycles. The van der Waals surface area contributed by atoms with E-state index in [-0.39, 0.29) is 9.79 Å². The Morgan fingerprint density at radius 2 is 1.35 bits per heavy atom. The van der Waals surface area contributed by atoms with Gasteiger partial charge < -0.3 is 5.09 Å². The first kappa shape index (κ1) is 14.7. The number of benzene rings is 2. The van der Waals surface area contributed by atoms with Crippen molar-refractivity contribution in [2.24, 2.45) is 11.0 Å². The first-order chi connectivity index (χ1) is 9.29. The average molecular weight is 311 g/mol. The summed E-state index contributed by atoms with van der Waals surface area (Å²) in [6.07, 6.45) is 0. The molecule has 2 rings (SSSR count). The maximum atomic E-state index is 12.3. The number of sulfone groups is 1. The van der Waals surface area contributed by atoms with Crippen LogP contribution in [0.5, 0.6) is 0 Å². The topological polar surface area (TPSA) is 115 Å². The Balaban J connectivity index is 2.33. The molecule has 5 N–H and O–H groups in total. The van der Waals surface area contributed by atoms with Gasteiger partial charge in [0.15, 0.2) is 0 Å². The minimum Gasteiger partial charge on any atom is -0.313 e. The van der Waals surface area contributed by atoms with Gasteiger partial charge in [0.25, 0.3) is 7.59 Å². The molecule has 0 bridgehead atoms. The van der Waals surface area contributed by atoms with Crippen LogP contribution in [-0.2, 0) is 14.4 Å². The van der Waals surface area contributed by atoms with Crippen molar-refractivity contribution in [2.75, 3.05) is 5.09 Å². The average Bonchev–Trinajstić information content (AvgIpc) is 2.38. The van der Waals surface area contributed by atoms with Gasteiger partial charge in [-0.3, -0.25) is 15.6 Å². The van der Waals surface area contributed by atoms with Gasteiger partial charge in [0.1, 0.15) is 0 Å². The summed E-state index contributed by atoms with van der Waals surface area (Å²) in [5.41, 5.74) is 10.8. The molecule has 0 saturated carbocycles. The van der Waals surface area contributed by atoms with Crippen LogP contribution in [0.1, 0.15) is 0 Å². The van der Waals surface area contributed by atoms with Crippen molar-refractivity contribution in [3.05, 3.63) is 54.6 Å². The molecule has 0 unspecified atom stereocenters. The maximum Gasteiger partial charge on any atom is 0.298 e. The third-order valence-electron chi connectivity index (χ3n) is 2.52. The summed E-state index contributed by atoms with van der Waals surface area (Å²) in [5.74, 6) is 0. The monoisotopic (exact) mass is 311 g/mol. The first-order valence-corrected chi connectivity index (χ1v) is 8.97. The van der Waals surface area contributed by atoms with Crippen LogP contribution in [0.15, 0.2) is 64.4 Å².